The second-order valence-corrected chi connectivity index (χ2v) is 4.86. The summed E-state index contributed by atoms with van der Waals surface area (Å²) in [5.41, 5.74) is 3.81. The van der Waals surface area contributed by atoms with Crippen molar-refractivity contribution in [1.29, 1.82) is 0 Å². The van der Waals surface area contributed by atoms with E-state index in [4.69, 9.17) is 9.94 Å². The van der Waals surface area contributed by atoms with Gasteiger partial charge in [-0.25, -0.2) is 5.48 Å². The Bertz CT molecular complexity index is 542. The van der Waals surface area contributed by atoms with Gasteiger partial charge in [0.15, 0.2) is 0 Å². The van der Waals surface area contributed by atoms with Crippen LogP contribution in [0, 0.1) is 5.92 Å². The molecule has 0 radical (unpaired) electrons. The van der Waals surface area contributed by atoms with Gasteiger partial charge in [0, 0.05) is 0 Å². The SMILES string of the molecule is O=C(NO)[C@@H](COCc1ccccc1)Cc1ccccc1. The Morgan fingerprint density at radius 1 is 1.00 bits per heavy atom. The monoisotopic (exact) mass is 285 g/mol. The Hall–Kier alpha value is -2.17. The molecule has 0 unspecified atom stereocenters. The van der Waals surface area contributed by atoms with Gasteiger partial charge in [0.1, 0.15) is 0 Å². The minimum absolute atomic E-state index is 0.260. The molecule has 0 fully saturated rings. The molecule has 2 rings (SSSR count). The average Bonchev–Trinajstić information content (AvgIpc) is 2.55. The predicted octanol–water partition coefficient (Wildman–Crippen LogP) is 2.57. The van der Waals surface area contributed by atoms with Crippen molar-refractivity contribution in [3.8, 4) is 0 Å². The summed E-state index contributed by atoms with van der Waals surface area (Å²) in [5.74, 6) is -0.840. The van der Waals surface area contributed by atoms with Gasteiger partial charge < -0.3 is 4.74 Å². The lowest BCUT2D eigenvalue weighted by Gasteiger charge is -2.15. The van der Waals surface area contributed by atoms with Crippen LogP contribution < -0.4 is 5.48 Å². The van der Waals surface area contributed by atoms with E-state index >= 15 is 0 Å². The fraction of sp³-hybridized carbons (Fsp3) is 0.235. The van der Waals surface area contributed by atoms with E-state index in [1.807, 2.05) is 60.7 Å². The van der Waals surface area contributed by atoms with Crippen LogP contribution in [0.4, 0.5) is 0 Å². The molecule has 4 heteroatoms. The number of hydrogen-bond donors (Lipinski definition) is 2. The fourth-order valence-electron chi connectivity index (χ4n) is 2.11. The third-order valence-corrected chi connectivity index (χ3v) is 3.24. The molecule has 4 nitrogen and oxygen atoms in total. The Morgan fingerprint density at radius 2 is 1.57 bits per heavy atom. The summed E-state index contributed by atoms with van der Waals surface area (Å²) in [7, 11) is 0. The number of carbonyl (C=O) groups is 1. The van der Waals surface area contributed by atoms with Crippen molar-refractivity contribution in [2.75, 3.05) is 6.61 Å². The molecule has 2 N–H and O–H groups in total. The van der Waals surface area contributed by atoms with Crippen LogP contribution in [0.1, 0.15) is 11.1 Å². The van der Waals surface area contributed by atoms with E-state index in [9.17, 15) is 4.79 Å². The highest BCUT2D eigenvalue weighted by atomic mass is 16.5. The zero-order valence-electron chi connectivity index (χ0n) is 11.7. The first-order chi connectivity index (χ1) is 10.3. The van der Waals surface area contributed by atoms with Gasteiger partial charge in [0.2, 0.25) is 5.91 Å². The Balaban J connectivity index is 1.89. The summed E-state index contributed by atoms with van der Waals surface area (Å²) in [6.07, 6.45) is 0.530. The molecule has 0 saturated heterocycles. The molecule has 0 aromatic heterocycles. The summed E-state index contributed by atoms with van der Waals surface area (Å²) >= 11 is 0. The van der Waals surface area contributed by atoms with Gasteiger partial charge in [-0.1, -0.05) is 60.7 Å². The van der Waals surface area contributed by atoms with Crippen molar-refractivity contribution >= 4 is 5.91 Å². The number of ether oxygens (including phenoxy) is 1. The second-order valence-electron chi connectivity index (χ2n) is 4.86. The predicted molar refractivity (Wildman–Crippen MR) is 79.7 cm³/mol. The number of hydroxylamine groups is 1. The van der Waals surface area contributed by atoms with Crippen LogP contribution in [-0.4, -0.2) is 17.7 Å². The van der Waals surface area contributed by atoms with E-state index in [-0.39, 0.29) is 6.61 Å². The lowest BCUT2D eigenvalue weighted by Crippen LogP contribution is -2.32. The fourth-order valence-corrected chi connectivity index (χ4v) is 2.11. The quantitative estimate of drug-likeness (QED) is 0.607. The Morgan fingerprint density at radius 3 is 2.14 bits per heavy atom. The lowest BCUT2D eigenvalue weighted by atomic mass is 9.99. The minimum atomic E-state index is -0.424. The van der Waals surface area contributed by atoms with E-state index in [2.05, 4.69) is 0 Å². The number of amides is 1. The molecule has 0 heterocycles. The second kappa shape index (κ2) is 8.19. The molecule has 1 atom stereocenters. The van der Waals surface area contributed by atoms with Gasteiger partial charge in [-0.3, -0.25) is 10.0 Å². The molecular weight excluding hydrogens is 266 g/mol. The maximum atomic E-state index is 11.7. The van der Waals surface area contributed by atoms with Crippen LogP contribution in [0.3, 0.4) is 0 Å². The van der Waals surface area contributed by atoms with E-state index in [0.29, 0.717) is 13.0 Å². The van der Waals surface area contributed by atoms with Gasteiger partial charge in [-0.05, 0) is 17.5 Å². The normalized spacial score (nSPS) is 11.9. The zero-order valence-corrected chi connectivity index (χ0v) is 11.7. The summed E-state index contributed by atoms with van der Waals surface area (Å²) in [4.78, 5) is 11.7. The van der Waals surface area contributed by atoms with Crippen molar-refractivity contribution in [2.45, 2.75) is 13.0 Å². The molecule has 2 aromatic rings. The summed E-state index contributed by atoms with van der Waals surface area (Å²) < 4.78 is 5.61. The van der Waals surface area contributed by atoms with E-state index < -0.39 is 11.8 Å². The standard InChI is InChI=1S/C17H19NO3/c19-17(18-20)16(11-14-7-3-1-4-8-14)13-21-12-15-9-5-2-6-10-15/h1-10,16,20H,11-13H2,(H,18,19)/t16-/m1/s1. The van der Waals surface area contributed by atoms with Gasteiger partial charge in [0.25, 0.3) is 0 Å². The summed E-state index contributed by atoms with van der Waals surface area (Å²) in [6.45, 7) is 0.709. The number of benzene rings is 2. The zero-order chi connectivity index (χ0) is 14.9. The van der Waals surface area contributed by atoms with Crippen LogP contribution in [-0.2, 0) is 22.6 Å². The first kappa shape index (κ1) is 15.2. The first-order valence-electron chi connectivity index (χ1n) is 6.89. The molecule has 2 aromatic carbocycles. The number of rotatable bonds is 7. The molecule has 110 valence electrons. The lowest BCUT2D eigenvalue weighted by molar-refractivity contribution is -0.135. The topological polar surface area (TPSA) is 58.6 Å². The van der Waals surface area contributed by atoms with Crippen LogP contribution in [0.25, 0.3) is 0 Å². The Labute approximate surface area is 124 Å². The molecule has 21 heavy (non-hydrogen) atoms. The van der Waals surface area contributed by atoms with Crippen molar-refractivity contribution < 1.29 is 14.7 Å². The third kappa shape index (κ3) is 5.02. The van der Waals surface area contributed by atoms with Crippen LogP contribution in [0.5, 0.6) is 0 Å². The van der Waals surface area contributed by atoms with E-state index in [1.54, 1.807) is 5.48 Å². The molecule has 0 aliphatic rings. The highest BCUT2D eigenvalue weighted by molar-refractivity contribution is 5.77. The number of hydrogen-bond acceptors (Lipinski definition) is 3. The van der Waals surface area contributed by atoms with Crippen molar-refractivity contribution in [2.24, 2.45) is 5.92 Å². The Kier molecular flexibility index (Phi) is 5.94. The number of nitrogens with one attached hydrogen (secondary N) is 1. The molecule has 0 aliphatic heterocycles. The molecule has 0 bridgehead atoms. The van der Waals surface area contributed by atoms with Crippen LogP contribution in [0.2, 0.25) is 0 Å². The maximum Gasteiger partial charge on any atom is 0.249 e. The van der Waals surface area contributed by atoms with Crippen molar-refractivity contribution in [3.05, 3.63) is 71.8 Å². The van der Waals surface area contributed by atoms with Gasteiger partial charge in [-0.2, -0.15) is 0 Å². The molecule has 0 aliphatic carbocycles. The highest BCUT2D eigenvalue weighted by Crippen LogP contribution is 2.11. The third-order valence-electron chi connectivity index (χ3n) is 3.24. The van der Waals surface area contributed by atoms with Crippen molar-refractivity contribution in [3.63, 3.8) is 0 Å². The number of carbonyl (C=O) groups excluding carboxylic acids is 1. The minimum Gasteiger partial charge on any atom is -0.376 e. The van der Waals surface area contributed by atoms with Crippen LogP contribution >= 0.6 is 0 Å². The van der Waals surface area contributed by atoms with Gasteiger partial charge in [-0.15, -0.1) is 0 Å². The largest absolute Gasteiger partial charge is 0.376 e. The summed E-state index contributed by atoms with van der Waals surface area (Å²) in [6, 6.07) is 19.5. The van der Waals surface area contributed by atoms with E-state index in [0.717, 1.165) is 11.1 Å². The van der Waals surface area contributed by atoms with E-state index in [1.165, 1.54) is 0 Å². The molecule has 1 amide bonds. The smallest absolute Gasteiger partial charge is 0.249 e. The maximum absolute atomic E-state index is 11.7. The van der Waals surface area contributed by atoms with Crippen molar-refractivity contribution in [1.82, 2.24) is 5.48 Å². The summed E-state index contributed by atoms with van der Waals surface area (Å²) in [5, 5.41) is 8.84. The molecule has 0 spiro atoms. The first-order valence-corrected chi connectivity index (χ1v) is 6.89. The van der Waals surface area contributed by atoms with Gasteiger partial charge in [0.05, 0.1) is 19.1 Å². The molecule has 0 saturated carbocycles. The highest BCUT2D eigenvalue weighted by Gasteiger charge is 2.18. The average molecular weight is 285 g/mol. The molecular formula is C17H19NO3. The van der Waals surface area contributed by atoms with Crippen LogP contribution in [0.15, 0.2) is 60.7 Å². The van der Waals surface area contributed by atoms with Gasteiger partial charge >= 0.3 is 0 Å².